The Morgan fingerprint density at radius 3 is 2.45 bits per heavy atom. The summed E-state index contributed by atoms with van der Waals surface area (Å²) in [5.74, 6) is 0.169. The number of aryl methyl sites for hydroxylation is 1. The molecule has 0 aliphatic carbocycles. The molecule has 1 fully saturated rings. The summed E-state index contributed by atoms with van der Waals surface area (Å²) in [4.78, 5) is 44.0. The summed E-state index contributed by atoms with van der Waals surface area (Å²) < 4.78 is 0. The van der Waals surface area contributed by atoms with Crippen molar-refractivity contribution in [1.82, 2.24) is 9.80 Å². The third-order valence-corrected chi connectivity index (χ3v) is 7.37. The Balaban J connectivity index is 1.17. The first-order valence-electron chi connectivity index (χ1n) is 12.0. The molecule has 0 spiro atoms. The molecule has 2 atom stereocenters. The van der Waals surface area contributed by atoms with Gasteiger partial charge < -0.3 is 9.80 Å². The highest BCUT2D eigenvalue weighted by Crippen LogP contribution is 2.45. The van der Waals surface area contributed by atoms with E-state index in [1.807, 2.05) is 0 Å². The molecule has 172 valence electrons. The van der Waals surface area contributed by atoms with Gasteiger partial charge in [0.25, 0.3) is 11.8 Å². The van der Waals surface area contributed by atoms with Crippen LogP contribution in [0.15, 0.2) is 42.5 Å². The molecule has 3 amide bonds. The van der Waals surface area contributed by atoms with E-state index in [9.17, 15) is 14.4 Å². The minimum atomic E-state index is -0.205. The number of hydrogen-bond acceptors (Lipinski definition) is 4. The number of fused-ring (bicyclic) bond motifs is 4. The van der Waals surface area contributed by atoms with E-state index in [4.69, 9.17) is 0 Å². The molecule has 1 saturated heterocycles. The second-order valence-corrected chi connectivity index (χ2v) is 9.67. The summed E-state index contributed by atoms with van der Waals surface area (Å²) in [5.41, 5.74) is 4.62. The molecule has 0 N–H and O–H groups in total. The van der Waals surface area contributed by atoms with Crippen LogP contribution in [0.3, 0.4) is 0 Å². The van der Waals surface area contributed by atoms with Crippen LogP contribution in [0.1, 0.15) is 69.9 Å². The number of anilines is 1. The topological polar surface area (TPSA) is 60.9 Å². The number of unbranched alkanes of at least 4 members (excludes halogenated alkanes) is 2. The molecule has 3 aliphatic heterocycles. The van der Waals surface area contributed by atoms with E-state index >= 15 is 0 Å². The number of benzene rings is 2. The standard InChI is InChI=1S/C27H31N3O3/c1-18-11-12-23-21(16-18)22-17-28(2)15-13-24(22)30(23)25(31)10-4-3-7-14-29-26(32)19-8-5-6-9-20(19)27(29)33/h5-6,8-9,11-12,16,22,24H,3-4,7,10,13-15,17H2,1-2H3. The summed E-state index contributed by atoms with van der Waals surface area (Å²) >= 11 is 0. The number of carbonyl (C=O) groups excluding carboxylic acids is 3. The lowest BCUT2D eigenvalue weighted by atomic mass is 9.89. The van der Waals surface area contributed by atoms with E-state index in [0.717, 1.165) is 38.0 Å². The lowest BCUT2D eigenvalue weighted by Gasteiger charge is -2.36. The maximum atomic E-state index is 13.3. The van der Waals surface area contributed by atoms with Gasteiger partial charge in [0.15, 0.2) is 0 Å². The highest BCUT2D eigenvalue weighted by molar-refractivity contribution is 6.21. The van der Waals surface area contributed by atoms with E-state index in [-0.39, 0.29) is 23.8 Å². The number of rotatable bonds is 6. The van der Waals surface area contributed by atoms with Crippen LogP contribution in [0.4, 0.5) is 5.69 Å². The molecule has 6 nitrogen and oxygen atoms in total. The molecular weight excluding hydrogens is 414 g/mol. The Kier molecular flexibility index (Phi) is 5.79. The SMILES string of the molecule is Cc1ccc2c(c1)C1CN(C)CCC1N2C(=O)CCCCCN1C(=O)c2ccccc2C1=O. The third kappa shape index (κ3) is 3.86. The zero-order chi connectivity index (χ0) is 23.1. The highest BCUT2D eigenvalue weighted by atomic mass is 16.2. The zero-order valence-corrected chi connectivity index (χ0v) is 19.4. The molecule has 2 aromatic rings. The summed E-state index contributed by atoms with van der Waals surface area (Å²) in [6.45, 7) is 4.52. The van der Waals surface area contributed by atoms with Crippen LogP contribution in [-0.4, -0.2) is 60.2 Å². The highest BCUT2D eigenvalue weighted by Gasteiger charge is 2.43. The summed E-state index contributed by atoms with van der Waals surface area (Å²) in [6.07, 6.45) is 3.78. The van der Waals surface area contributed by atoms with Crippen molar-refractivity contribution in [2.45, 2.75) is 51.0 Å². The fourth-order valence-electron chi connectivity index (χ4n) is 5.69. The normalized spacial score (nSPS) is 21.9. The summed E-state index contributed by atoms with van der Waals surface area (Å²) in [7, 11) is 2.16. The molecule has 5 rings (SSSR count). The number of hydrogen-bond donors (Lipinski definition) is 0. The van der Waals surface area contributed by atoms with Crippen LogP contribution < -0.4 is 4.90 Å². The van der Waals surface area contributed by atoms with Crippen molar-refractivity contribution < 1.29 is 14.4 Å². The van der Waals surface area contributed by atoms with Crippen molar-refractivity contribution in [3.8, 4) is 0 Å². The maximum Gasteiger partial charge on any atom is 0.261 e. The van der Waals surface area contributed by atoms with Gasteiger partial charge in [-0.3, -0.25) is 19.3 Å². The van der Waals surface area contributed by atoms with E-state index in [2.05, 4.69) is 42.0 Å². The first kappa shape index (κ1) is 21.8. The molecule has 0 radical (unpaired) electrons. The molecule has 2 unspecified atom stereocenters. The predicted octanol–water partition coefficient (Wildman–Crippen LogP) is 3.99. The maximum absolute atomic E-state index is 13.3. The fourth-order valence-corrected chi connectivity index (χ4v) is 5.69. The van der Waals surface area contributed by atoms with Crippen LogP contribution in [0.5, 0.6) is 0 Å². The molecule has 0 bridgehead atoms. The van der Waals surface area contributed by atoms with Gasteiger partial charge in [0.2, 0.25) is 5.91 Å². The minimum absolute atomic E-state index is 0.192. The Labute approximate surface area is 195 Å². The number of carbonyl (C=O) groups is 3. The molecular formula is C27H31N3O3. The number of likely N-dealkylation sites (tertiary alicyclic amines) is 1. The molecule has 33 heavy (non-hydrogen) atoms. The van der Waals surface area contributed by atoms with E-state index in [0.29, 0.717) is 36.4 Å². The number of piperidine rings is 1. The fraction of sp³-hybridized carbons (Fsp3) is 0.444. The second-order valence-electron chi connectivity index (χ2n) is 9.67. The van der Waals surface area contributed by atoms with Gasteiger partial charge in [-0.05, 0) is 63.5 Å². The Morgan fingerprint density at radius 2 is 1.73 bits per heavy atom. The number of nitrogens with zero attached hydrogens (tertiary/aromatic N) is 3. The molecule has 3 aliphatic rings. The largest absolute Gasteiger partial charge is 0.308 e. The van der Waals surface area contributed by atoms with Crippen LogP contribution >= 0.6 is 0 Å². The summed E-state index contributed by atoms with van der Waals surface area (Å²) in [6, 6.07) is 13.7. The Morgan fingerprint density at radius 1 is 1.00 bits per heavy atom. The number of likely N-dealkylation sites (N-methyl/N-ethyl adjacent to an activating group) is 1. The molecule has 2 aromatic carbocycles. The minimum Gasteiger partial charge on any atom is -0.308 e. The van der Waals surface area contributed by atoms with Crippen LogP contribution in [0.2, 0.25) is 0 Å². The van der Waals surface area contributed by atoms with Gasteiger partial charge in [-0.2, -0.15) is 0 Å². The Hall–Kier alpha value is -2.99. The number of imide groups is 1. The third-order valence-electron chi connectivity index (χ3n) is 7.37. The molecule has 0 aromatic heterocycles. The molecule has 6 heteroatoms. The van der Waals surface area contributed by atoms with Gasteiger partial charge >= 0.3 is 0 Å². The van der Waals surface area contributed by atoms with Gasteiger partial charge in [-0.1, -0.05) is 36.2 Å². The van der Waals surface area contributed by atoms with Gasteiger partial charge in [0.1, 0.15) is 0 Å². The predicted molar refractivity (Wildman–Crippen MR) is 128 cm³/mol. The average molecular weight is 446 g/mol. The quantitative estimate of drug-likeness (QED) is 0.498. The van der Waals surface area contributed by atoms with Gasteiger partial charge in [-0.25, -0.2) is 0 Å². The number of amides is 3. The van der Waals surface area contributed by atoms with Gasteiger partial charge in [0, 0.05) is 37.2 Å². The first-order valence-corrected chi connectivity index (χ1v) is 12.0. The second kappa shape index (κ2) is 8.75. The van der Waals surface area contributed by atoms with Crippen molar-refractivity contribution in [2.75, 3.05) is 31.6 Å². The lowest BCUT2D eigenvalue weighted by Crippen LogP contribution is -2.47. The van der Waals surface area contributed by atoms with E-state index in [1.165, 1.54) is 16.0 Å². The van der Waals surface area contributed by atoms with Crippen molar-refractivity contribution in [2.24, 2.45) is 0 Å². The van der Waals surface area contributed by atoms with Crippen molar-refractivity contribution >= 4 is 23.4 Å². The first-order chi connectivity index (χ1) is 16.0. The monoisotopic (exact) mass is 445 g/mol. The Bertz CT molecular complexity index is 1080. The molecule has 0 saturated carbocycles. The molecule has 3 heterocycles. The summed E-state index contributed by atoms with van der Waals surface area (Å²) in [5, 5.41) is 0. The lowest BCUT2D eigenvalue weighted by molar-refractivity contribution is -0.119. The van der Waals surface area contributed by atoms with Crippen LogP contribution in [-0.2, 0) is 4.79 Å². The van der Waals surface area contributed by atoms with Gasteiger partial charge in [-0.15, -0.1) is 0 Å². The van der Waals surface area contributed by atoms with Crippen LogP contribution in [0, 0.1) is 6.92 Å². The van der Waals surface area contributed by atoms with Crippen molar-refractivity contribution in [3.05, 3.63) is 64.7 Å². The smallest absolute Gasteiger partial charge is 0.261 e. The zero-order valence-electron chi connectivity index (χ0n) is 19.4. The van der Waals surface area contributed by atoms with E-state index < -0.39 is 0 Å². The van der Waals surface area contributed by atoms with Crippen LogP contribution in [0.25, 0.3) is 0 Å². The average Bonchev–Trinajstić information content (AvgIpc) is 3.25. The van der Waals surface area contributed by atoms with Gasteiger partial charge in [0.05, 0.1) is 11.1 Å². The van der Waals surface area contributed by atoms with E-state index in [1.54, 1.807) is 24.3 Å². The van der Waals surface area contributed by atoms with Crippen molar-refractivity contribution in [3.63, 3.8) is 0 Å². The van der Waals surface area contributed by atoms with Crippen molar-refractivity contribution in [1.29, 1.82) is 0 Å².